The summed E-state index contributed by atoms with van der Waals surface area (Å²) in [6.07, 6.45) is 0.554. The molecule has 0 radical (unpaired) electrons. The summed E-state index contributed by atoms with van der Waals surface area (Å²) in [4.78, 5) is 34.6. The Labute approximate surface area is 111 Å². The first-order valence-corrected chi connectivity index (χ1v) is 5.84. The highest BCUT2D eigenvalue weighted by Crippen LogP contribution is 1.98. The predicted molar refractivity (Wildman–Crippen MR) is 65.5 cm³/mol. The summed E-state index contributed by atoms with van der Waals surface area (Å²) in [5.41, 5.74) is 0. The zero-order valence-corrected chi connectivity index (χ0v) is 11.1. The SMILES string of the molecule is COC(=O)CCCN(C)C(=O)NC(CCO)C(=O)O. The molecule has 0 aromatic rings. The average molecular weight is 276 g/mol. The van der Waals surface area contributed by atoms with Gasteiger partial charge in [-0.3, -0.25) is 4.79 Å². The van der Waals surface area contributed by atoms with Gasteiger partial charge in [-0.25, -0.2) is 9.59 Å². The second kappa shape index (κ2) is 9.15. The Hall–Kier alpha value is -1.83. The van der Waals surface area contributed by atoms with E-state index < -0.39 is 18.0 Å². The fourth-order valence-corrected chi connectivity index (χ4v) is 1.31. The molecule has 0 aliphatic heterocycles. The fourth-order valence-electron chi connectivity index (χ4n) is 1.31. The van der Waals surface area contributed by atoms with Crippen molar-refractivity contribution in [3.05, 3.63) is 0 Å². The molecule has 0 rings (SSSR count). The van der Waals surface area contributed by atoms with Gasteiger partial charge in [0.05, 0.1) is 7.11 Å². The molecule has 0 aliphatic carbocycles. The van der Waals surface area contributed by atoms with Crippen LogP contribution in [0.3, 0.4) is 0 Å². The highest BCUT2D eigenvalue weighted by atomic mass is 16.5. The molecule has 0 aliphatic rings. The molecule has 19 heavy (non-hydrogen) atoms. The maximum Gasteiger partial charge on any atom is 0.326 e. The number of hydrogen-bond donors (Lipinski definition) is 3. The molecule has 1 atom stereocenters. The predicted octanol–water partition coefficient (Wildman–Crippen LogP) is -0.583. The van der Waals surface area contributed by atoms with Crippen LogP contribution in [0, 0.1) is 0 Å². The molecular weight excluding hydrogens is 256 g/mol. The van der Waals surface area contributed by atoms with Crippen molar-refractivity contribution in [2.45, 2.75) is 25.3 Å². The molecule has 0 spiro atoms. The van der Waals surface area contributed by atoms with Gasteiger partial charge in [0, 0.05) is 33.0 Å². The molecule has 8 heteroatoms. The van der Waals surface area contributed by atoms with Gasteiger partial charge in [-0.2, -0.15) is 0 Å². The first-order chi connectivity index (χ1) is 8.92. The number of methoxy groups -OCH3 is 1. The lowest BCUT2D eigenvalue weighted by atomic mass is 10.2. The molecule has 110 valence electrons. The van der Waals surface area contributed by atoms with Crippen molar-refractivity contribution in [3.8, 4) is 0 Å². The molecule has 0 heterocycles. The summed E-state index contributed by atoms with van der Waals surface area (Å²) < 4.78 is 4.46. The molecule has 0 saturated carbocycles. The number of nitrogens with one attached hydrogen (secondary N) is 1. The second-order valence-electron chi connectivity index (χ2n) is 3.95. The van der Waals surface area contributed by atoms with Crippen LogP contribution in [-0.4, -0.2) is 66.4 Å². The normalized spacial score (nSPS) is 11.5. The van der Waals surface area contributed by atoms with E-state index in [1.807, 2.05) is 0 Å². The number of esters is 1. The molecule has 3 N–H and O–H groups in total. The molecule has 0 saturated heterocycles. The van der Waals surface area contributed by atoms with Gasteiger partial charge in [0.25, 0.3) is 0 Å². The summed E-state index contributed by atoms with van der Waals surface area (Å²) >= 11 is 0. The number of ether oxygens (including phenoxy) is 1. The number of aliphatic carboxylic acids is 1. The molecule has 0 aromatic carbocycles. The van der Waals surface area contributed by atoms with Crippen LogP contribution < -0.4 is 5.32 Å². The Morgan fingerprint density at radius 2 is 2.00 bits per heavy atom. The molecular formula is C11H20N2O6. The maximum atomic E-state index is 11.6. The van der Waals surface area contributed by atoms with Crippen LogP contribution in [0.4, 0.5) is 4.79 Å². The van der Waals surface area contributed by atoms with Gasteiger partial charge in [0.2, 0.25) is 0 Å². The summed E-state index contributed by atoms with van der Waals surface area (Å²) in [6.45, 7) is -0.0320. The van der Waals surface area contributed by atoms with Gasteiger partial charge >= 0.3 is 18.0 Å². The standard InChI is InChI=1S/C11H20N2O6/c1-13(6-3-4-9(15)19-2)11(18)12-8(5-7-14)10(16)17/h8,14H,3-7H2,1-2H3,(H,12,18)(H,16,17). The Balaban J connectivity index is 4.10. The van der Waals surface area contributed by atoms with Crippen molar-refractivity contribution in [1.82, 2.24) is 10.2 Å². The van der Waals surface area contributed by atoms with Gasteiger partial charge in [-0.1, -0.05) is 0 Å². The number of carboxylic acids is 1. The number of aliphatic hydroxyl groups is 1. The van der Waals surface area contributed by atoms with Crippen LogP contribution in [-0.2, 0) is 14.3 Å². The summed E-state index contributed by atoms with van der Waals surface area (Å²) in [5.74, 6) is -1.57. The number of hydrogen-bond acceptors (Lipinski definition) is 5. The minimum Gasteiger partial charge on any atom is -0.480 e. The molecule has 0 fully saturated rings. The highest BCUT2D eigenvalue weighted by molar-refractivity contribution is 5.82. The first kappa shape index (κ1) is 17.2. The largest absolute Gasteiger partial charge is 0.480 e. The third-order valence-electron chi connectivity index (χ3n) is 2.46. The molecule has 2 amide bonds. The minimum absolute atomic E-state index is 0.0585. The minimum atomic E-state index is -1.20. The van der Waals surface area contributed by atoms with E-state index in [-0.39, 0.29) is 25.4 Å². The van der Waals surface area contributed by atoms with Crippen LogP contribution in [0.5, 0.6) is 0 Å². The Kier molecular flexibility index (Phi) is 8.27. The van der Waals surface area contributed by atoms with Gasteiger partial charge in [-0.05, 0) is 6.42 Å². The fraction of sp³-hybridized carbons (Fsp3) is 0.727. The van der Waals surface area contributed by atoms with E-state index in [0.29, 0.717) is 13.0 Å². The van der Waals surface area contributed by atoms with E-state index in [4.69, 9.17) is 10.2 Å². The lowest BCUT2D eigenvalue weighted by molar-refractivity contribution is -0.141. The highest BCUT2D eigenvalue weighted by Gasteiger charge is 2.20. The number of nitrogens with zero attached hydrogens (tertiary/aromatic N) is 1. The Bertz CT molecular complexity index is 320. The van der Waals surface area contributed by atoms with Crippen molar-refractivity contribution in [2.24, 2.45) is 0 Å². The van der Waals surface area contributed by atoms with Crippen molar-refractivity contribution in [2.75, 3.05) is 27.3 Å². The van der Waals surface area contributed by atoms with Crippen LogP contribution >= 0.6 is 0 Å². The molecule has 1 unspecified atom stereocenters. The van der Waals surface area contributed by atoms with E-state index in [2.05, 4.69) is 10.1 Å². The van der Waals surface area contributed by atoms with E-state index >= 15 is 0 Å². The van der Waals surface area contributed by atoms with Crippen LogP contribution in [0.1, 0.15) is 19.3 Å². The van der Waals surface area contributed by atoms with E-state index in [1.54, 1.807) is 0 Å². The molecule has 0 aromatic heterocycles. The summed E-state index contributed by atoms with van der Waals surface area (Å²) in [6, 6.07) is -1.69. The number of rotatable bonds is 8. The van der Waals surface area contributed by atoms with Crippen molar-refractivity contribution in [3.63, 3.8) is 0 Å². The Morgan fingerprint density at radius 3 is 2.47 bits per heavy atom. The smallest absolute Gasteiger partial charge is 0.326 e. The zero-order chi connectivity index (χ0) is 14.8. The number of amides is 2. The summed E-state index contributed by atoms with van der Waals surface area (Å²) in [7, 11) is 2.77. The van der Waals surface area contributed by atoms with Gasteiger partial charge in [0.1, 0.15) is 6.04 Å². The van der Waals surface area contributed by atoms with E-state index in [1.165, 1.54) is 19.1 Å². The molecule has 8 nitrogen and oxygen atoms in total. The third kappa shape index (κ3) is 7.24. The van der Waals surface area contributed by atoms with Crippen LogP contribution in [0.25, 0.3) is 0 Å². The van der Waals surface area contributed by atoms with Crippen molar-refractivity contribution >= 4 is 18.0 Å². The molecule has 0 bridgehead atoms. The van der Waals surface area contributed by atoms with Crippen LogP contribution in [0.2, 0.25) is 0 Å². The van der Waals surface area contributed by atoms with Crippen molar-refractivity contribution < 1.29 is 29.3 Å². The average Bonchev–Trinajstić information content (AvgIpc) is 2.37. The number of aliphatic hydroxyl groups excluding tert-OH is 1. The third-order valence-corrected chi connectivity index (χ3v) is 2.46. The van der Waals surface area contributed by atoms with Crippen molar-refractivity contribution in [1.29, 1.82) is 0 Å². The maximum absolute atomic E-state index is 11.6. The summed E-state index contributed by atoms with van der Waals surface area (Å²) in [5, 5.41) is 19.8. The number of urea groups is 1. The van der Waals surface area contributed by atoms with E-state index in [9.17, 15) is 14.4 Å². The topological polar surface area (TPSA) is 116 Å². The Morgan fingerprint density at radius 1 is 1.37 bits per heavy atom. The van der Waals surface area contributed by atoms with Crippen LogP contribution in [0.15, 0.2) is 0 Å². The van der Waals surface area contributed by atoms with Gasteiger partial charge < -0.3 is 25.2 Å². The van der Waals surface area contributed by atoms with Gasteiger partial charge in [-0.15, -0.1) is 0 Å². The second-order valence-corrected chi connectivity index (χ2v) is 3.95. The number of carbonyl (C=O) groups excluding carboxylic acids is 2. The first-order valence-electron chi connectivity index (χ1n) is 5.84. The number of carboxylic acid groups (broad SMARTS) is 1. The lowest BCUT2D eigenvalue weighted by Gasteiger charge is -2.20. The monoisotopic (exact) mass is 276 g/mol. The quantitative estimate of drug-likeness (QED) is 0.511. The van der Waals surface area contributed by atoms with Gasteiger partial charge in [0.15, 0.2) is 0 Å². The number of carbonyl (C=O) groups is 3. The lowest BCUT2D eigenvalue weighted by Crippen LogP contribution is -2.47. The van der Waals surface area contributed by atoms with E-state index in [0.717, 1.165) is 0 Å². The zero-order valence-electron chi connectivity index (χ0n) is 11.1.